The van der Waals surface area contributed by atoms with E-state index in [9.17, 15) is 0 Å². The fourth-order valence-electron chi connectivity index (χ4n) is 2.45. The molecule has 3 heteroatoms. The van der Waals surface area contributed by atoms with Crippen molar-refractivity contribution in [3.8, 4) is 0 Å². The van der Waals surface area contributed by atoms with E-state index in [2.05, 4.69) is 16.4 Å². The number of nitrogens with one attached hydrogen (secondary N) is 1. The van der Waals surface area contributed by atoms with Gasteiger partial charge in [0.15, 0.2) is 0 Å². The first-order chi connectivity index (χ1) is 7.74. The number of halogens is 1. The quantitative estimate of drug-likeness (QED) is 0.812. The van der Waals surface area contributed by atoms with Crippen LogP contribution in [0.15, 0.2) is 18.3 Å². The lowest BCUT2D eigenvalue weighted by molar-refractivity contribution is 0.353. The number of alkyl halides is 1. The lowest BCUT2D eigenvalue weighted by atomic mass is 9.83. The number of aromatic nitrogens is 1. The van der Waals surface area contributed by atoms with Crippen LogP contribution in [0.3, 0.4) is 0 Å². The first-order valence-corrected chi connectivity index (χ1v) is 6.54. The van der Waals surface area contributed by atoms with Crippen molar-refractivity contribution in [2.75, 3.05) is 11.2 Å². The minimum atomic E-state index is 0.105. The number of pyridine rings is 1. The molecule has 0 bridgehead atoms. The topological polar surface area (TPSA) is 24.9 Å². The summed E-state index contributed by atoms with van der Waals surface area (Å²) in [7, 11) is 0. The van der Waals surface area contributed by atoms with Gasteiger partial charge in [0.1, 0.15) is 0 Å². The van der Waals surface area contributed by atoms with Crippen LogP contribution in [-0.4, -0.2) is 16.4 Å². The number of rotatable bonds is 3. The summed E-state index contributed by atoms with van der Waals surface area (Å²) in [6.45, 7) is 2.01. The Morgan fingerprint density at radius 2 is 2.12 bits per heavy atom. The van der Waals surface area contributed by atoms with Crippen molar-refractivity contribution < 1.29 is 0 Å². The molecule has 1 aliphatic rings. The molecule has 2 rings (SSSR count). The van der Waals surface area contributed by atoms with E-state index in [1.54, 1.807) is 0 Å². The molecule has 0 spiro atoms. The van der Waals surface area contributed by atoms with Crippen LogP contribution < -0.4 is 5.32 Å². The molecule has 0 aromatic carbocycles. The summed E-state index contributed by atoms with van der Waals surface area (Å²) in [6, 6.07) is 4.11. The zero-order valence-electron chi connectivity index (χ0n) is 9.80. The lowest BCUT2D eigenvalue weighted by Gasteiger charge is -2.37. The van der Waals surface area contributed by atoms with Gasteiger partial charge >= 0.3 is 0 Å². The first kappa shape index (κ1) is 11.7. The van der Waals surface area contributed by atoms with Gasteiger partial charge in [-0.1, -0.05) is 19.3 Å². The van der Waals surface area contributed by atoms with E-state index < -0.39 is 0 Å². The van der Waals surface area contributed by atoms with Crippen LogP contribution >= 0.6 is 11.6 Å². The molecule has 1 aromatic rings. The van der Waals surface area contributed by atoms with Crippen molar-refractivity contribution >= 4 is 17.3 Å². The molecule has 1 saturated carbocycles. The zero-order valence-corrected chi connectivity index (χ0v) is 10.6. The van der Waals surface area contributed by atoms with Gasteiger partial charge in [0.2, 0.25) is 0 Å². The van der Waals surface area contributed by atoms with Crippen molar-refractivity contribution in [2.24, 2.45) is 0 Å². The van der Waals surface area contributed by atoms with Crippen LogP contribution in [0.2, 0.25) is 0 Å². The van der Waals surface area contributed by atoms with E-state index in [0.717, 1.165) is 11.4 Å². The molecule has 0 aliphatic heterocycles. The van der Waals surface area contributed by atoms with Gasteiger partial charge in [0.05, 0.1) is 5.54 Å². The molecule has 1 fully saturated rings. The number of hydrogen-bond donors (Lipinski definition) is 1. The normalized spacial score (nSPS) is 19.4. The smallest absolute Gasteiger partial charge is 0.0508 e. The predicted molar refractivity (Wildman–Crippen MR) is 69.1 cm³/mol. The highest BCUT2D eigenvalue weighted by molar-refractivity contribution is 6.18. The summed E-state index contributed by atoms with van der Waals surface area (Å²) in [4.78, 5) is 4.21. The second-order valence-electron chi connectivity index (χ2n) is 4.79. The molecule has 0 saturated heterocycles. The minimum Gasteiger partial charge on any atom is -0.378 e. The maximum atomic E-state index is 6.15. The molecular formula is C13H19ClN2. The van der Waals surface area contributed by atoms with Gasteiger partial charge < -0.3 is 5.32 Å². The Labute approximate surface area is 102 Å². The van der Waals surface area contributed by atoms with Crippen LogP contribution in [0.1, 0.15) is 37.8 Å². The summed E-state index contributed by atoms with van der Waals surface area (Å²) < 4.78 is 0. The highest BCUT2D eigenvalue weighted by Crippen LogP contribution is 2.32. The highest BCUT2D eigenvalue weighted by atomic mass is 35.5. The fourth-order valence-corrected chi connectivity index (χ4v) is 2.78. The second kappa shape index (κ2) is 5.05. The van der Waals surface area contributed by atoms with Crippen molar-refractivity contribution in [1.82, 2.24) is 4.98 Å². The van der Waals surface area contributed by atoms with Crippen molar-refractivity contribution in [2.45, 2.75) is 44.6 Å². The van der Waals surface area contributed by atoms with E-state index in [1.807, 2.05) is 19.2 Å². The van der Waals surface area contributed by atoms with Gasteiger partial charge in [0, 0.05) is 23.5 Å². The number of anilines is 1. The number of nitrogens with zero attached hydrogens (tertiary/aromatic N) is 1. The molecular weight excluding hydrogens is 220 g/mol. The molecule has 0 atom stereocenters. The van der Waals surface area contributed by atoms with Gasteiger partial charge in [-0.25, -0.2) is 0 Å². The first-order valence-electron chi connectivity index (χ1n) is 6.01. The van der Waals surface area contributed by atoms with Crippen LogP contribution in [-0.2, 0) is 0 Å². The maximum Gasteiger partial charge on any atom is 0.0508 e. The van der Waals surface area contributed by atoms with Gasteiger partial charge in [0.25, 0.3) is 0 Å². The Morgan fingerprint density at radius 1 is 1.38 bits per heavy atom. The molecule has 1 N–H and O–H groups in total. The number of aryl methyl sites for hydroxylation is 1. The molecule has 1 aliphatic carbocycles. The molecule has 0 amide bonds. The maximum absolute atomic E-state index is 6.15. The van der Waals surface area contributed by atoms with E-state index >= 15 is 0 Å². The summed E-state index contributed by atoms with van der Waals surface area (Å²) >= 11 is 6.15. The van der Waals surface area contributed by atoms with E-state index in [4.69, 9.17) is 11.6 Å². The monoisotopic (exact) mass is 238 g/mol. The molecule has 0 unspecified atom stereocenters. The van der Waals surface area contributed by atoms with E-state index in [0.29, 0.717) is 5.88 Å². The van der Waals surface area contributed by atoms with Crippen LogP contribution in [0.5, 0.6) is 0 Å². The summed E-state index contributed by atoms with van der Waals surface area (Å²) in [5.74, 6) is 0.689. The lowest BCUT2D eigenvalue weighted by Crippen LogP contribution is -2.42. The third kappa shape index (κ3) is 2.67. The average Bonchev–Trinajstić information content (AvgIpc) is 2.30. The van der Waals surface area contributed by atoms with E-state index in [1.165, 1.54) is 32.1 Å². The zero-order chi connectivity index (χ0) is 11.4. The molecule has 1 aromatic heterocycles. The van der Waals surface area contributed by atoms with Crippen molar-refractivity contribution in [3.05, 3.63) is 24.0 Å². The Morgan fingerprint density at radius 3 is 2.75 bits per heavy atom. The van der Waals surface area contributed by atoms with Crippen LogP contribution in [0.4, 0.5) is 5.69 Å². The van der Waals surface area contributed by atoms with Gasteiger partial charge in [-0.15, -0.1) is 11.6 Å². The Hall–Kier alpha value is -0.760. The standard InChI is InChI=1S/C13H19ClN2/c1-11-9-12(5-8-15-11)16-13(10-14)6-3-2-4-7-13/h5,8-9H,2-4,6-7,10H2,1H3,(H,15,16). The summed E-state index contributed by atoms with van der Waals surface area (Å²) in [5.41, 5.74) is 2.30. The molecule has 88 valence electrons. The number of hydrogen-bond acceptors (Lipinski definition) is 2. The molecule has 2 nitrogen and oxygen atoms in total. The predicted octanol–water partition coefficient (Wildman–Crippen LogP) is 3.74. The Bertz CT molecular complexity index is 346. The van der Waals surface area contributed by atoms with E-state index in [-0.39, 0.29) is 5.54 Å². The summed E-state index contributed by atoms with van der Waals surface area (Å²) in [6.07, 6.45) is 8.11. The third-order valence-corrected chi connectivity index (χ3v) is 3.88. The van der Waals surface area contributed by atoms with Crippen LogP contribution in [0, 0.1) is 6.92 Å². The molecule has 0 radical (unpaired) electrons. The third-order valence-electron chi connectivity index (χ3n) is 3.37. The van der Waals surface area contributed by atoms with Crippen molar-refractivity contribution in [1.29, 1.82) is 0 Å². The molecule has 1 heterocycles. The van der Waals surface area contributed by atoms with Crippen LogP contribution in [0.25, 0.3) is 0 Å². The Balaban J connectivity index is 2.11. The van der Waals surface area contributed by atoms with Gasteiger partial charge in [-0.3, -0.25) is 4.98 Å². The second-order valence-corrected chi connectivity index (χ2v) is 5.05. The minimum absolute atomic E-state index is 0.105. The SMILES string of the molecule is Cc1cc(NC2(CCl)CCCCC2)ccn1. The fraction of sp³-hybridized carbons (Fsp3) is 0.615. The highest BCUT2D eigenvalue weighted by Gasteiger charge is 2.30. The summed E-state index contributed by atoms with van der Waals surface area (Å²) in [5, 5.41) is 3.61. The van der Waals surface area contributed by atoms with Crippen molar-refractivity contribution in [3.63, 3.8) is 0 Å². The Kier molecular flexibility index (Phi) is 3.70. The van der Waals surface area contributed by atoms with Gasteiger partial charge in [-0.05, 0) is 31.9 Å². The molecule has 16 heavy (non-hydrogen) atoms. The largest absolute Gasteiger partial charge is 0.378 e. The average molecular weight is 239 g/mol. The van der Waals surface area contributed by atoms with Gasteiger partial charge in [-0.2, -0.15) is 0 Å².